The number of benzene rings is 2. The molecule has 0 saturated carbocycles. The molecular weight excluding hydrogens is 434 g/mol. The van der Waals surface area contributed by atoms with Crippen molar-refractivity contribution in [3.8, 4) is 11.5 Å². The molecule has 1 unspecified atom stereocenters. The molecule has 2 aromatic rings. The smallest absolute Gasteiger partial charge is 0.254 e. The molecule has 0 spiro atoms. The molecule has 0 bridgehead atoms. The molecule has 172 valence electrons. The number of nitrogens with one attached hydrogen (secondary N) is 1. The summed E-state index contributed by atoms with van der Waals surface area (Å²) >= 11 is 0. The number of sulfonamides is 1. The molecule has 1 fully saturated rings. The fraction of sp³-hybridized carbons (Fsp3) is 0.364. The number of carbonyl (C=O) groups is 2. The molecule has 1 aliphatic rings. The molecular formula is C22H27N3O6S. The van der Waals surface area contributed by atoms with E-state index in [2.05, 4.69) is 5.32 Å². The normalized spacial score (nSPS) is 16.2. The van der Waals surface area contributed by atoms with Gasteiger partial charge in [0.15, 0.2) is 0 Å². The van der Waals surface area contributed by atoms with Gasteiger partial charge in [-0.3, -0.25) is 9.59 Å². The van der Waals surface area contributed by atoms with E-state index in [1.165, 1.54) is 44.3 Å². The van der Waals surface area contributed by atoms with Gasteiger partial charge in [0.1, 0.15) is 22.4 Å². The van der Waals surface area contributed by atoms with Crippen molar-refractivity contribution in [3.63, 3.8) is 0 Å². The van der Waals surface area contributed by atoms with Crippen LogP contribution in [-0.2, 0) is 14.8 Å². The Hall–Kier alpha value is -3.11. The van der Waals surface area contributed by atoms with E-state index in [4.69, 9.17) is 9.47 Å². The number of methoxy groups -OCH3 is 2. The third-order valence-electron chi connectivity index (χ3n) is 5.34. The highest BCUT2D eigenvalue weighted by atomic mass is 32.2. The van der Waals surface area contributed by atoms with Gasteiger partial charge in [-0.05, 0) is 55.3 Å². The van der Waals surface area contributed by atoms with Crippen LogP contribution in [0.2, 0.25) is 0 Å². The number of likely N-dealkylation sites (tertiary alicyclic amines) is 1. The van der Waals surface area contributed by atoms with Crippen LogP contribution in [0.4, 0.5) is 5.69 Å². The van der Waals surface area contributed by atoms with Gasteiger partial charge in [-0.25, -0.2) is 12.7 Å². The maximum Gasteiger partial charge on any atom is 0.254 e. The molecule has 0 aromatic heterocycles. The van der Waals surface area contributed by atoms with Gasteiger partial charge in [0.25, 0.3) is 5.91 Å². The lowest BCUT2D eigenvalue weighted by Gasteiger charge is -2.24. The summed E-state index contributed by atoms with van der Waals surface area (Å²) in [5.74, 6) is 0.111. The molecule has 1 N–H and O–H groups in total. The predicted octanol–water partition coefficient (Wildman–Crippen LogP) is 2.20. The summed E-state index contributed by atoms with van der Waals surface area (Å²) in [6.45, 7) is 0.404. The Balaban J connectivity index is 1.84. The largest absolute Gasteiger partial charge is 0.497 e. The standard InChI is InChI=1S/C22H27N3O6S/c1-24(2)32(28,29)20-14-15(7-12-19(20)31-4)22(27)25-13-5-6-18(25)21(26)23-16-8-10-17(30-3)11-9-16/h7-12,14,18H,5-6,13H2,1-4H3,(H,23,26). The fourth-order valence-electron chi connectivity index (χ4n) is 3.56. The van der Waals surface area contributed by atoms with E-state index < -0.39 is 22.0 Å². The number of amides is 2. The molecule has 9 nitrogen and oxygen atoms in total. The van der Waals surface area contributed by atoms with Crippen molar-refractivity contribution < 1.29 is 27.5 Å². The molecule has 1 atom stereocenters. The lowest BCUT2D eigenvalue weighted by Crippen LogP contribution is -2.43. The van der Waals surface area contributed by atoms with E-state index in [0.29, 0.717) is 30.8 Å². The van der Waals surface area contributed by atoms with Crippen LogP contribution in [0.15, 0.2) is 47.4 Å². The van der Waals surface area contributed by atoms with Gasteiger partial charge in [-0.15, -0.1) is 0 Å². The van der Waals surface area contributed by atoms with Gasteiger partial charge < -0.3 is 19.7 Å². The van der Waals surface area contributed by atoms with E-state index >= 15 is 0 Å². The number of anilines is 1. The van der Waals surface area contributed by atoms with E-state index in [0.717, 1.165) is 4.31 Å². The van der Waals surface area contributed by atoms with Gasteiger partial charge in [0, 0.05) is 31.9 Å². The second-order valence-electron chi connectivity index (χ2n) is 7.53. The number of nitrogens with zero attached hydrogens (tertiary/aromatic N) is 2. The number of carbonyl (C=O) groups excluding carboxylic acids is 2. The lowest BCUT2D eigenvalue weighted by molar-refractivity contribution is -0.119. The Morgan fingerprint density at radius 3 is 2.34 bits per heavy atom. The maximum absolute atomic E-state index is 13.2. The number of hydrogen-bond donors (Lipinski definition) is 1. The number of hydrogen-bond acceptors (Lipinski definition) is 6. The van der Waals surface area contributed by atoms with Gasteiger partial charge in [0.2, 0.25) is 15.9 Å². The summed E-state index contributed by atoms with van der Waals surface area (Å²) in [6, 6.07) is 10.5. The van der Waals surface area contributed by atoms with Crippen molar-refractivity contribution in [1.82, 2.24) is 9.21 Å². The first-order valence-electron chi connectivity index (χ1n) is 10.1. The van der Waals surface area contributed by atoms with E-state index in [9.17, 15) is 18.0 Å². The van der Waals surface area contributed by atoms with Crippen LogP contribution in [0, 0.1) is 0 Å². The molecule has 10 heteroatoms. The summed E-state index contributed by atoms with van der Waals surface area (Å²) in [4.78, 5) is 27.5. The SMILES string of the molecule is COc1ccc(NC(=O)C2CCCN2C(=O)c2ccc(OC)c(S(=O)(=O)N(C)C)c2)cc1. The molecule has 2 amide bonds. The summed E-state index contributed by atoms with van der Waals surface area (Å²) in [5, 5.41) is 2.83. The average Bonchev–Trinajstić information content (AvgIpc) is 3.28. The summed E-state index contributed by atoms with van der Waals surface area (Å²) in [6.07, 6.45) is 1.19. The monoisotopic (exact) mass is 461 g/mol. The number of ether oxygens (including phenoxy) is 2. The third-order valence-corrected chi connectivity index (χ3v) is 7.18. The van der Waals surface area contributed by atoms with Crippen LogP contribution in [0.5, 0.6) is 11.5 Å². The van der Waals surface area contributed by atoms with E-state index in [-0.39, 0.29) is 22.1 Å². The second kappa shape index (κ2) is 9.58. The zero-order chi connectivity index (χ0) is 23.5. The van der Waals surface area contributed by atoms with Gasteiger partial charge >= 0.3 is 0 Å². The minimum Gasteiger partial charge on any atom is -0.497 e. The third kappa shape index (κ3) is 4.71. The Morgan fingerprint density at radius 2 is 1.75 bits per heavy atom. The molecule has 1 heterocycles. The summed E-state index contributed by atoms with van der Waals surface area (Å²) in [5.41, 5.74) is 0.772. The molecule has 0 aliphatic carbocycles. The highest BCUT2D eigenvalue weighted by Crippen LogP contribution is 2.29. The van der Waals surface area contributed by atoms with Crippen LogP contribution in [0.25, 0.3) is 0 Å². The van der Waals surface area contributed by atoms with Crippen molar-refractivity contribution in [2.24, 2.45) is 0 Å². The lowest BCUT2D eigenvalue weighted by atomic mass is 10.1. The quantitative estimate of drug-likeness (QED) is 0.678. The fourth-order valence-corrected chi connectivity index (χ4v) is 4.63. The van der Waals surface area contributed by atoms with Crippen molar-refractivity contribution in [2.75, 3.05) is 40.2 Å². The van der Waals surface area contributed by atoms with Gasteiger partial charge in [-0.1, -0.05) is 0 Å². The van der Waals surface area contributed by atoms with Gasteiger partial charge in [0.05, 0.1) is 14.2 Å². The second-order valence-corrected chi connectivity index (χ2v) is 9.65. The maximum atomic E-state index is 13.2. The van der Waals surface area contributed by atoms with Crippen molar-refractivity contribution in [3.05, 3.63) is 48.0 Å². The van der Waals surface area contributed by atoms with Crippen molar-refractivity contribution in [1.29, 1.82) is 0 Å². The topological polar surface area (TPSA) is 105 Å². The van der Waals surface area contributed by atoms with Crippen LogP contribution in [0.3, 0.4) is 0 Å². The Morgan fingerprint density at radius 1 is 1.06 bits per heavy atom. The van der Waals surface area contributed by atoms with Crippen LogP contribution in [0.1, 0.15) is 23.2 Å². The molecule has 1 aliphatic heterocycles. The van der Waals surface area contributed by atoms with E-state index in [1.807, 2.05) is 0 Å². The highest BCUT2D eigenvalue weighted by molar-refractivity contribution is 7.89. The molecule has 3 rings (SSSR count). The predicted molar refractivity (Wildman–Crippen MR) is 120 cm³/mol. The van der Waals surface area contributed by atoms with Gasteiger partial charge in [-0.2, -0.15) is 0 Å². The molecule has 32 heavy (non-hydrogen) atoms. The van der Waals surface area contributed by atoms with Crippen LogP contribution < -0.4 is 14.8 Å². The molecule has 1 saturated heterocycles. The summed E-state index contributed by atoms with van der Waals surface area (Å²) in [7, 11) is 1.91. The minimum absolute atomic E-state index is 0.103. The molecule has 2 aromatic carbocycles. The highest BCUT2D eigenvalue weighted by Gasteiger charge is 2.35. The first-order chi connectivity index (χ1) is 15.2. The number of rotatable bonds is 7. The zero-order valence-electron chi connectivity index (χ0n) is 18.5. The Labute approximate surface area is 188 Å². The van der Waals surface area contributed by atoms with Crippen LogP contribution in [-0.4, -0.2) is 70.3 Å². The average molecular weight is 462 g/mol. The molecule has 0 radical (unpaired) electrons. The summed E-state index contributed by atoms with van der Waals surface area (Å²) < 4.78 is 36.7. The Kier molecular flexibility index (Phi) is 7.05. The van der Waals surface area contributed by atoms with Crippen molar-refractivity contribution in [2.45, 2.75) is 23.8 Å². The Bertz CT molecular complexity index is 1100. The first-order valence-corrected chi connectivity index (χ1v) is 11.5. The first kappa shape index (κ1) is 23.6. The van der Waals surface area contributed by atoms with Crippen molar-refractivity contribution >= 4 is 27.5 Å². The van der Waals surface area contributed by atoms with Crippen LogP contribution >= 0.6 is 0 Å². The zero-order valence-corrected chi connectivity index (χ0v) is 19.3. The van der Waals surface area contributed by atoms with E-state index in [1.54, 1.807) is 31.4 Å². The minimum atomic E-state index is -3.83.